The molecule has 0 bridgehead atoms. The summed E-state index contributed by atoms with van der Waals surface area (Å²) in [6, 6.07) is 9.00. The van der Waals surface area contributed by atoms with Crippen molar-refractivity contribution in [3.05, 3.63) is 57.1 Å². The molecule has 1 aliphatic rings. The number of nitrogens with one attached hydrogen (secondary N) is 1. The van der Waals surface area contributed by atoms with E-state index in [9.17, 15) is 9.59 Å². The second-order valence-corrected chi connectivity index (χ2v) is 7.61. The van der Waals surface area contributed by atoms with E-state index in [1.54, 1.807) is 23.1 Å². The van der Waals surface area contributed by atoms with Gasteiger partial charge < -0.3 is 10.2 Å². The van der Waals surface area contributed by atoms with Gasteiger partial charge in [0.25, 0.3) is 0 Å². The summed E-state index contributed by atoms with van der Waals surface area (Å²) in [6.45, 7) is 6.37. The molecule has 6 heteroatoms. The van der Waals surface area contributed by atoms with Gasteiger partial charge in [0.2, 0.25) is 11.8 Å². The summed E-state index contributed by atoms with van der Waals surface area (Å²) in [7, 11) is 0. The number of rotatable bonds is 3. The smallest absolute Gasteiger partial charge is 0.229 e. The van der Waals surface area contributed by atoms with Crippen molar-refractivity contribution in [2.75, 3.05) is 16.8 Å². The van der Waals surface area contributed by atoms with E-state index in [4.69, 9.17) is 23.2 Å². The fourth-order valence-electron chi connectivity index (χ4n) is 3.52. The van der Waals surface area contributed by atoms with Crippen molar-refractivity contribution in [3.63, 3.8) is 0 Å². The van der Waals surface area contributed by atoms with E-state index in [-0.39, 0.29) is 18.2 Å². The quantitative estimate of drug-likeness (QED) is 0.808. The lowest BCUT2D eigenvalue weighted by atomic mass is 10.0. The molecule has 2 amide bonds. The molecule has 2 aromatic rings. The standard InChI is InChI=1S/C20H20Cl2N2O2/c1-11-6-12(2)19(13(3)7-11)24-10-14(8-18(24)25)20(26)23-17-5-4-15(21)9-16(17)22/h4-7,9,14H,8,10H2,1-3H3,(H,23,26). The number of hydrogen-bond acceptors (Lipinski definition) is 2. The third kappa shape index (κ3) is 3.71. The second-order valence-electron chi connectivity index (χ2n) is 6.77. The molecular formula is C20H20Cl2N2O2. The fraction of sp³-hybridized carbons (Fsp3) is 0.300. The summed E-state index contributed by atoms with van der Waals surface area (Å²) in [5.41, 5.74) is 4.63. The molecule has 0 aromatic heterocycles. The molecule has 1 saturated heterocycles. The summed E-state index contributed by atoms with van der Waals surface area (Å²) in [5.74, 6) is -0.677. The van der Waals surface area contributed by atoms with Crippen LogP contribution in [0.2, 0.25) is 10.0 Å². The first-order valence-corrected chi connectivity index (χ1v) is 9.16. The molecule has 4 nitrogen and oxygen atoms in total. The van der Waals surface area contributed by atoms with E-state index >= 15 is 0 Å². The maximum absolute atomic E-state index is 12.6. The van der Waals surface area contributed by atoms with Gasteiger partial charge in [0, 0.05) is 23.7 Å². The topological polar surface area (TPSA) is 49.4 Å². The minimum absolute atomic E-state index is 0.0394. The molecule has 1 fully saturated rings. The largest absolute Gasteiger partial charge is 0.324 e. The average Bonchev–Trinajstić information content (AvgIpc) is 2.91. The van der Waals surface area contributed by atoms with E-state index in [1.165, 1.54) is 0 Å². The van der Waals surface area contributed by atoms with Crippen molar-refractivity contribution in [1.82, 2.24) is 0 Å². The van der Waals surface area contributed by atoms with E-state index < -0.39 is 5.92 Å². The first-order valence-electron chi connectivity index (χ1n) is 8.40. The van der Waals surface area contributed by atoms with Gasteiger partial charge in [0.05, 0.1) is 16.6 Å². The monoisotopic (exact) mass is 390 g/mol. The summed E-state index contributed by atoms with van der Waals surface area (Å²) in [6.07, 6.45) is 0.184. The zero-order valence-corrected chi connectivity index (χ0v) is 16.4. The van der Waals surface area contributed by atoms with Gasteiger partial charge in [-0.3, -0.25) is 9.59 Å². The van der Waals surface area contributed by atoms with Crippen LogP contribution in [0.1, 0.15) is 23.1 Å². The van der Waals surface area contributed by atoms with E-state index in [1.807, 2.05) is 20.8 Å². The summed E-state index contributed by atoms with van der Waals surface area (Å²) >= 11 is 12.0. The van der Waals surface area contributed by atoms with Crippen LogP contribution in [0.5, 0.6) is 0 Å². The number of halogens is 2. The van der Waals surface area contributed by atoms with Gasteiger partial charge in [-0.25, -0.2) is 0 Å². The van der Waals surface area contributed by atoms with Gasteiger partial charge in [0.1, 0.15) is 0 Å². The van der Waals surface area contributed by atoms with Crippen LogP contribution in [0.3, 0.4) is 0 Å². The van der Waals surface area contributed by atoms with Crippen LogP contribution in [0.25, 0.3) is 0 Å². The molecule has 1 heterocycles. The molecule has 3 rings (SSSR count). The molecular weight excluding hydrogens is 371 g/mol. The van der Waals surface area contributed by atoms with E-state index in [0.717, 1.165) is 22.4 Å². The van der Waals surface area contributed by atoms with Crippen molar-refractivity contribution in [1.29, 1.82) is 0 Å². The number of amides is 2. The van der Waals surface area contributed by atoms with Crippen molar-refractivity contribution in [2.24, 2.45) is 5.92 Å². The molecule has 1 aliphatic heterocycles. The lowest BCUT2D eigenvalue weighted by molar-refractivity contribution is -0.122. The van der Waals surface area contributed by atoms with Crippen LogP contribution < -0.4 is 10.2 Å². The average molecular weight is 391 g/mol. The van der Waals surface area contributed by atoms with Gasteiger partial charge >= 0.3 is 0 Å². The lowest BCUT2D eigenvalue weighted by Crippen LogP contribution is -2.29. The molecule has 136 valence electrons. The number of aryl methyl sites for hydroxylation is 3. The number of carbonyl (C=O) groups is 2. The van der Waals surface area contributed by atoms with Gasteiger partial charge in [-0.05, 0) is 50.1 Å². The van der Waals surface area contributed by atoms with Crippen LogP contribution in [0, 0.1) is 26.7 Å². The van der Waals surface area contributed by atoms with Crippen LogP contribution in [0.4, 0.5) is 11.4 Å². The molecule has 1 unspecified atom stereocenters. The number of nitrogens with zero attached hydrogens (tertiary/aromatic N) is 1. The summed E-state index contributed by atoms with van der Waals surface area (Å²) < 4.78 is 0. The van der Waals surface area contributed by atoms with Crippen molar-refractivity contribution < 1.29 is 9.59 Å². The minimum atomic E-state index is -0.422. The van der Waals surface area contributed by atoms with Gasteiger partial charge in [-0.2, -0.15) is 0 Å². The number of benzene rings is 2. The predicted octanol–water partition coefficient (Wildman–Crippen LogP) is 4.91. The van der Waals surface area contributed by atoms with E-state index in [2.05, 4.69) is 17.4 Å². The second kappa shape index (κ2) is 7.29. The summed E-state index contributed by atoms with van der Waals surface area (Å²) in [5, 5.41) is 3.67. The number of anilines is 2. The van der Waals surface area contributed by atoms with Crippen LogP contribution >= 0.6 is 23.2 Å². The highest BCUT2D eigenvalue weighted by molar-refractivity contribution is 6.36. The predicted molar refractivity (Wildman–Crippen MR) is 106 cm³/mol. The van der Waals surface area contributed by atoms with Crippen molar-refractivity contribution in [3.8, 4) is 0 Å². The first-order chi connectivity index (χ1) is 12.3. The maximum Gasteiger partial charge on any atom is 0.229 e. The maximum atomic E-state index is 12.6. The Kier molecular flexibility index (Phi) is 5.26. The molecule has 1 N–H and O–H groups in total. The highest BCUT2D eigenvalue weighted by atomic mass is 35.5. The Bertz CT molecular complexity index is 872. The molecule has 2 aromatic carbocycles. The van der Waals surface area contributed by atoms with Crippen LogP contribution in [-0.2, 0) is 9.59 Å². The van der Waals surface area contributed by atoms with Crippen molar-refractivity contribution in [2.45, 2.75) is 27.2 Å². The fourth-order valence-corrected chi connectivity index (χ4v) is 3.98. The third-order valence-electron chi connectivity index (χ3n) is 4.59. The van der Waals surface area contributed by atoms with Gasteiger partial charge in [-0.1, -0.05) is 40.9 Å². The third-order valence-corrected chi connectivity index (χ3v) is 5.14. The van der Waals surface area contributed by atoms with Crippen molar-refractivity contribution >= 4 is 46.4 Å². The van der Waals surface area contributed by atoms with Gasteiger partial charge in [0.15, 0.2) is 0 Å². The Morgan fingerprint density at radius 1 is 1.12 bits per heavy atom. The highest BCUT2D eigenvalue weighted by Gasteiger charge is 2.36. The SMILES string of the molecule is Cc1cc(C)c(N2CC(C(=O)Nc3ccc(Cl)cc3Cl)CC2=O)c(C)c1. The molecule has 0 spiro atoms. The lowest BCUT2D eigenvalue weighted by Gasteiger charge is -2.22. The minimum Gasteiger partial charge on any atom is -0.324 e. The molecule has 0 radical (unpaired) electrons. The zero-order chi connectivity index (χ0) is 19.0. The van der Waals surface area contributed by atoms with E-state index in [0.29, 0.717) is 22.3 Å². The Labute approximate surface area is 163 Å². The molecule has 0 saturated carbocycles. The first kappa shape index (κ1) is 18.7. The Morgan fingerprint density at radius 3 is 2.38 bits per heavy atom. The van der Waals surface area contributed by atoms with Crippen LogP contribution in [-0.4, -0.2) is 18.4 Å². The molecule has 1 atom stereocenters. The van der Waals surface area contributed by atoms with Gasteiger partial charge in [-0.15, -0.1) is 0 Å². The Morgan fingerprint density at radius 2 is 1.77 bits per heavy atom. The van der Waals surface area contributed by atoms with Crippen LogP contribution in [0.15, 0.2) is 30.3 Å². The zero-order valence-electron chi connectivity index (χ0n) is 14.9. The Hall–Kier alpha value is -2.04. The number of carbonyl (C=O) groups excluding carboxylic acids is 2. The summed E-state index contributed by atoms with van der Waals surface area (Å²) in [4.78, 5) is 26.9. The normalized spacial score (nSPS) is 16.9. The number of hydrogen-bond donors (Lipinski definition) is 1. The highest BCUT2D eigenvalue weighted by Crippen LogP contribution is 2.33. The molecule has 0 aliphatic carbocycles. The molecule has 26 heavy (non-hydrogen) atoms. The Balaban J connectivity index is 1.78.